The second-order valence-electron chi connectivity index (χ2n) is 12.9. The fourth-order valence-corrected chi connectivity index (χ4v) is 9.23. The lowest BCUT2D eigenvalue weighted by Gasteiger charge is -2.22. The Morgan fingerprint density at radius 2 is 1.58 bits per heavy atom. The molecule has 0 spiro atoms. The van der Waals surface area contributed by atoms with Gasteiger partial charge < -0.3 is 62.0 Å². The molecule has 2 amide bonds. The Hall–Kier alpha value is -5.07. The van der Waals surface area contributed by atoms with Gasteiger partial charge in [0.15, 0.2) is 23.5 Å². The van der Waals surface area contributed by atoms with Crippen LogP contribution in [0.2, 0.25) is 0 Å². The average molecular weight is 888 g/mol. The molecule has 0 aliphatic carbocycles. The number of carbonyl (C=O) groups is 2. The molecular weight excluding hydrogens is 849 g/mol. The third-order valence-electron chi connectivity index (χ3n) is 8.60. The first-order valence-electron chi connectivity index (χ1n) is 17.2. The van der Waals surface area contributed by atoms with E-state index in [0.717, 1.165) is 32.7 Å². The predicted octanol–water partition coefficient (Wildman–Crippen LogP) is -0.247. The van der Waals surface area contributed by atoms with Crippen molar-refractivity contribution < 1.29 is 75.2 Å². The van der Waals surface area contributed by atoms with Crippen LogP contribution in [0, 0.1) is 0 Å². The molecule has 5 aromatic rings. The Balaban J connectivity index is 1.06. The minimum absolute atomic E-state index is 0.0423. The highest BCUT2D eigenvalue weighted by atomic mass is 31.3. The number of aromatic amines is 1. The van der Waals surface area contributed by atoms with Crippen LogP contribution in [0.25, 0.3) is 33.0 Å². The maximum atomic E-state index is 12.9. The van der Waals surface area contributed by atoms with Crippen molar-refractivity contribution in [2.45, 2.75) is 43.9 Å². The molecule has 29 heteroatoms. The van der Waals surface area contributed by atoms with Gasteiger partial charge in [-0.3, -0.25) is 23.7 Å². The van der Waals surface area contributed by atoms with Crippen LogP contribution in [-0.2, 0) is 47.7 Å². The zero-order valence-electron chi connectivity index (χ0n) is 30.3. The lowest BCUT2D eigenvalue weighted by molar-refractivity contribution is -0.645. The smallest absolute Gasteiger partial charge is 0.439 e. The van der Waals surface area contributed by atoms with Crippen molar-refractivity contribution in [3.8, 4) is 0 Å². The van der Waals surface area contributed by atoms with Crippen molar-refractivity contribution in [2.24, 2.45) is 0 Å². The molecule has 14 N–H and O–H groups in total. The van der Waals surface area contributed by atoms with Crippen LogP contribution in [-0.4, -0.2) is 94.2 Å². The Bertz CT molecular complexity index is 2560. The van der Waals surface area contributed by atoms with Crippen molar-refractivity contribution in [2.75, 3.05) is 36.9 Å². The molecule has 3 aromatic heterocycles. The number of nitrogens with two attached hydrogens (primary N) is 3. The molecule has 2 aromatic carbocycles. The van der Waals surface area contributed by atoms with Crippen molar-refractivity contribution in [3.63, 3.8) is 0 Å². The number of nitrogens with one attached hydrogen (secondary N) is 3. The number of imidazole rings is 1. The summed E-state index contributed by atoms with van der Waals surface area (Å²) in [5.74, 6) is -0.669. The number of aliphatic hydroxyl groups is 1. The Morgan fingerprint density at radius 1 is 0.932 bits per heavy atom. The Labute approximate surface area is 330 Å². The molecule has 0 radical (unpaired) electrons. The molecule has 318 valence electrons. The summed E-state index contributed by atoms with van der Waals surface area (Å²) in [6.07, 6.45) is -6.43. The fraction of sp³-hybridized carbons (Fsp3) is 0.333. The standard InChI is InChI=1S/C30H37N10O16P3/c31-17-5-3-15-10-16-4-6-18(32)12-20(16)39(19(15)11-17)9-1-2-22(41)34-7-8-35-30(44)54-25-24(42)21(13-52-58(48,49)56-59(50,51)55-57(45,46)47)53-28(25)40-14-36-23-26(40)37-29(33)38-27(23)43/h3-6,10-12,14,21,24-25,28,42H,1-2,7-9,13H2,(H12,31,32,33,34,35,37,38,41,43,44,45,46,47,48,49,50,51)/p+1/t21-,24-,25-,28-/m1/s1. The number of benzene rings is 2. The number of rotatable bonds is 16. The van der Waals surface area contributed by atoms with E-state index in [0.29, 0.717) is 24.3 Å². The van der Waals surface area contributed by atoms with Crippen LogP contribution in [0.5, 0.6) is 0 Å². The van der Waals surface area contributed by atoms with Crippen LogP contribution in [0.1, 0.15) is 19.1 Å². The molecule has 1 aliphatic heterocycles. The first-order valence-corrected chi connectivity index (χ1v) is 21.7. The molecule has 6 atom stereocenters. The number of hydrogen-bond acceptors (Lipinski definition) is 17. The van der Waals surface area contributed by atoms with Crippen LogP contribution in [0.15, 0.2) is 53.6 Å². The van der Waals surface area contributed by atoms with Crippen molar-refractivity contribution in [1.29, 1.82) is 0 Å². The van der Waals surface area contributed by atoms with E-state index in [4.69, 9.17) is 36.5 Å². The van der Waals surface area contributed by atoms with Crippen LogP contribution in [0.3, 0.4) is 0 Å². The predicted molar refractivity (Wildman–Crippen MR) is 203 cm³/mol. The molecule has 26 nitrogen and oxygen atoms in total. The van der Waals surface area contributed by atoms with E-state index in [2.05, 4.69) is 38.7 Å². The SMILES string of the molecule is Nc1ccc2cc3ccc(N)cc3[n+](CCCC(=O)NCCNC(=O)O[C@@H]3[C@H](O)[C@@H](COP(=O)(O)OP(=O)(O)OP(=O)(O)O)O[C@H]3n3cnc4c(=O)[nH]c(N)nc43)c2c1. The minimum atomic E-state index is -5.87. The van der Waals surface area contributed by atoms with E-state index in [9.17, 15) is 43.0 Å². The van der Waals surface area contributed by atoms with Gasteiger partial charge in [0.2, 0.25) is 22.9 Å². The number of phosphoric ester groups is 1. The fourth-order valence-electron chi connectivity index (χ4n) is 6.20. The molecule has 1 aliphatic rings. The van der Waals surface area contributed by atoms with Gasteiger partial charge in [-0.05, 0) is 30.3 Å². The Morgan fingerprint density at radius 3 is 2.22 bits per heavy atom. The number of pyridine rings is 1. The van der Waals surface area contributed by atoms with Gasteiger partial charge in [-0.15, -0.1) is 0 Å². The molecule has 6 rings (SSSR count). The number of hydrogen-bond donors (Lipinski definition) is 11. The maximum absolute atomic E-state index is 12.9. The normalized spacial score (nSPS) is 20.4. The van der Waals surface area contributed by atoms with Gasteiger partial charge in [-0.1, -0.05) is 0 Å². The highest BCUT2D eigenvalue weighted by Crippen LogP contribution is 2.66. The molecule has 1 fully saturated rings. The number of aliphatic hydroxyl groups excluding tert-OH is 1. The highest BCUT2D eigenvalue weighted by molar-refractivity contribution is 7.66. The molecule has 4 heterocycles. The van der Waals surface area contributed by atoms with Crippen LogP contribution >= 0.6 is 23.5 Å². The zero-order valence-corrected chi connectivity index (χ0v) is 32.9. The van der Waals surface area contributed by atoms with Crippen LogP contribution in [0.4, 0.5) is 22.1 Å². The number of phosphoric acid groups is 3. The third-order valence-corrected chi connectivity index (χ3v) is 12.4. The van der Waals surface area contributed by atoms with Crippen molar-refractivity contribution in [3.05, 3.63) is 59.1 Å². The number of carbonyl (C=O) groups excluding carboxylic acids is 2. The van der Waals surface area contributed by atoms with E-state index in [-0.39, 0.29) is 42.5 Å². The van der Waals surface area contributed by atoms with E-state index in [1.807, 2.05) is 34.9 Å². The number of ether oxygens (including phenoxy) is 2. The Kier molecular flexibility index (Phi) is 12.7. The summed E-state index contributed by atoms with van der Waals surface area (Å²) in [5.41, 5.74) is 19.5. The second-order valence-corrected chi connectivity index (χ2v) is 17.3. The van der Waals surface area contributed by atoms with Crippen LogP contribution < -0.4 is 38.0 Å². The summed E-state index contributed by atoms with van der Waals surface area (Å²) >= 11 is 0. The van der Waals surface area contributed by atoms with Crippen molar-refractivity contribution in [1.82, 2.24) is 30.2 Å². The number of alkyl carbamates (subject to hydrolysis) is 1. The zero-order chi connectivity index (χ0) is 42.9. The number of aromatic nitrogens is 5. The summed E-state index contributed by atoms with van der Waals surface area (Å²) in [4.78, 5) is 85.1. The van der Waals surface area contributed by atoms with Gasteiger partial charge in [0, 0.05) is 60.2 Å². The lowest BCUT2D eigenvalue weighted by Crippen LogP contribution is -2.41. The molecule has 0 bridgehead atoms. The van der Waals surface area contributed by atoms with E-state index in [1.165, 1.54) is 0 Å². The monoisotopic (exact) mass is 887 g/mol. The maximum Gasteiger partial charge on any atom is 0.490 e. The van der Waals surface area contributed by atoms with Crippen molar-refractivity contribution >= 4 is 85.8 Å². The number of anilines is 3. The van der Waals surface area contributed by atoms with E-state index >= 15 is 0 Å². The van der Waals surface area contributed by atoms with Gasteiger partial charge in [0.05, 0.1) is 12.9 Å². The molecular formula is C30H38N10O16P3+. The molecule has 59 heavy (non-hydrogen) atoms. The summed E-state index contributed by atoms with van der Waals surface area (Å²) < 4.78 is 61.2. The van der Waals surface area contributed by atoms with Gasteiger partial charge in [0.25, 0.3) is 5.56 Å². The highest BCUT2D eigenvalue weighted by Gasteiger charge is 2.49. The number of amides is 2. The first-order chi connectivity index (χ1) is 27.7. The third kappa shape index (κ3) is 10.8. The van der Waals surface area contributed by atoms with Gasteiger partial charge in [0.1, 0.15) is 18.8 Å². The second kappa shape index (κ2) is 17.3. The summed E-state index contributed by atoms with van der Waals surface area (Å²) in [6, 6.07) is 13.1. The number of nitrogens with zero attached hydrogens (tertiary/aromatic N) is 4. The van der Waals surface area contributed by atoms with E-state index < -0.39 is 66.3 Å². The molecule has 1 saturated heterocycles. The number of aryl methyl sites for hydroxylation is 1. The molecule has 2 unspecified atom stereocenters. The summed E-state index contributed by atoms with van der Waals surface area (Å²) in [6.45, 7) is -0.873. The number of nitrogen functional groups attached to an aromatic ring is 3. The minimum Gasteiger partial charge on any atom is -0.439 e. The quantitative estimate of drug-likeness (QED) is 0.0200. The lowest BCUT2D eigenvalue weighted by atomic mass is 10.1. The van der Waals surface area contributed by atoms with E-state index in [1.54, 1.807) is 12.1 Å². The van der Waals surface area contributed by atoms with Gasteiger partial charge >= 0.3 is 29.6 Å². The molecule has 0 saturated carbocycles. The number of fused-ring (bicyclic) bond motifs is 3. The topological polar surface area (TPSA) is 402 Å². The number of H-pyrrole nitrogens is 1. The summed E-state index contributed by atoms with van der Waals surface area (Å²) in [5, 5.41) is 18.1. The first kappa shape index (κ1) is 43.5. The summed E-state index contributed by atoms with van der Waals surface area (Å²) in [7, 11) is -17.2. The van der Waals surface area contributed by atoms with Gasteiger partial charge in [-0.2, -0.15) is 18.2 Å². The van der Waals surface area contributed by atoms with Gasteiger partial charge in [-0.25, -0.2) is 23.5 Å². The average Bonchev–Trinajstić information content (AvgIpc) is 3.68. The largest absolute Gasteiger partial charge is 0.490 e.